The lowest BCUT2D eigenvalue weighted by Crippen LogP contribution is -2.35. The Morgan fingerprint density at radius 2 is 2.00 bits per heavy atom. The molecule has 0 bridgehead atoms. The van der Waals surface area contributed by atoms with E-state index in [4.69, 9.17) is 16.9 Å². The monoisotopic (exact) mass is 275 g/mol. The van der Waals surface area contributed by atoms with E-state index < -0.39 is 0 Å². The summed E-state index contributed by atoms with van der Waals surface area (Å²) in [5.74, 6) is 0. The Kier molecular flexibility index (Phi) is 3.63. The summed E-state index contributed by atoms with van der Waals surface area (Å²) in [4.78, 5) is 4.96. The van der Waals surface area contributed by atoms with Crippen LogP contribution >= 0.6 is 11.6 Å². The first-order valence-electron chi connectivity index (χ1n) is 6.96. The Morgan fingerprint density at radius 1 is 1.21 bits per heavy atom. The summed E-state index contributed by atoms with van der Waals surface area (Å²) in [5, 5.41) is 9.57. The van der Waals surface area contributed by atoms with Gasteiger partial charge in [0.05, 0.1) is 22.3 Å². The number of likely N-dealkylation sites (tertiary alicyclic amines) is 1. The maximum Gasteiger partial charge on any atom is 0.0992 e. The molecule has 3 nitrogen and oxygen atoms in total. The van der Waals surface area contributed by atoms with Crippen molar-refractivity contribution in [1.82, 2.24) is 4.90 Å². The summed E-state index contributed by atoms with van der Waals surface area (Å²) in [5.41, 5.74) is 1.70. The Labute approximate surface area is 119 Å². The van der Waals surface area contributed by atoms with Crippen molar-refractivity contribution >= 4 is 17.3 Å². The summed E-state index contributed by atoms with van der Waals surface area (Å²) in [6.45, 7) is 4.62. The van der Waals surface area contributed by atoms with Gasteiger partial charge in [-0.15, -0.1) is 0 Å². The number of anilines is 1. The molecule has 0 radical (unpaired) electrons. The van der Waals surface area contributed by atoms with E-state index in [1.165, 1.54) is 32.4 Å². The van der Waals surface area contributed by atoms with E-state index in [0.29, 0.717) is 16.6 Å². The smallest absolute Gasteiger partial charge is 0.0992 e. The van der Waals surface area contributed by atoms with Gasteiger partial charge in [-0.1, -0.05) is 11.6 Å². The molecular formula is C15H18ClN3. The maximum atomic E-state index is 8.87. The normalized spacial score (nSPS) is 23.8. The molecular weight excluding hydrogens is 258 g/mol. The average molecular weight is 276 g/mol. The van der Waals surface area contributed by atoms with Gasteiger partial charge in [0.2, 0.25) is 0 Å². The van der Waals surface area contributed by atoms with Gasteiger partial charge in [-0.2, -0.15) is 5.26 Å². The van der Waals surface area contributed by atoms with Gasteiger partial charge in [0, 0.05) is 19.1 Å². The van der Waals surface area contributed by atoms with Crippen molar-refractivity contribution in [3.05, 3.63) is 28.8 Å². The second kappa shape index (κ2) is 5.40. The zero-order valence-corrected chi connectivity index (χ0v) is 11.7. The molecule has 2 heterocycles. The van der Waals surface area contributed by atoms with Crippen molar-refractivity contribution < 1.29 is 0 Å². The number of rotatable bonds is 2. The standard InChI is InChI=1S/C15H18ClN3/c16-14-9-12(10-17)3-4-15(14)19-8-5-13(11-19)18-6-1-2-7-18/h3-4,9,13H,1-2,5-8,11H2. The second-order valence-electron chi connectivity index (χ2n) is 5.41. The topological polar surface area (TPSA) is 30.3 Å². The van der Waals surface area contributed by atoms with Crippen molar-refractivity contribution in [2.24, 2.45) is 0 Å². The quantitative estimate of drug-likeness (QED) is 0.831. The SMILES string of the molecule is N#Cc1ccc(N2CCC(N3CCCC3)C2)c(Cl)c1. The van der Waals surface area contributed by atoms with Gasteiger partial charge in [-0.05, 0) is 50.6 Å². The maximum absolute atomic E-state index is 8.87. The van der Waals surface area contributed by atoms with E-state index >= 15 is 0 Å². The molecule has 2 aliphatic heterocycles. The van der Waals surface area contributed by atoms with E-state index in [1.807, 2.05) is 12.1 Å². The van der Waals surface area contributed by atoms with Crippen molar-refractivity contribution in [3.8, 4) is 6.07 Å². The predicted octanol–water partition coefficient (Wildman–Crippen LogP) is 2.89. The van der Waals surface area contributed by atoms with Crippen LogP contribution in [-0.4, -0.2) is 37.1 Å². The predicted molar refractivity (Wildman–Crippen MR) is 77.6 cm³/mol. The summed E-state index contributed by atoms with van der Waals surface area (Å²) < 4.78 is 0. The van der Waals surface area contributed by atoms with E-state index in [-0.39, 0.29) is 0 Å². The fraction of sp³-hybridized carbons (Fsp3) is 0.533. The van der Waals surface area contributed by atoms with Crippen LogP contribution in [0.2, 0.25) is 5.02 Å². The number of halogens is 1. The highest BCUT2D eigenvalue weighted by atomic mass is 35.5. The summed E-state index contributed by atoms with van der Waals surface area (Å²) in [6, 6.07) is 8.40. The number of nitrogens with zero attached hydrogens (tertiary/aromatic N) is 3. The van der Waals surface area contributed by atoms with Crippen LogP contribution in [0.25, 0.3) is 0 Å². The van der Waals surface area contributed by atoms with E-state index in [9.17, 15) is 0 Å². The fourth-order valence-electron chi connectivity index (χ4n) is 3.20. The zero-order chi connectivity index (χ0) is 13.2. The lowest BCUT2D eigenvalue weighted by molar-refractivity contribution is 0.260. The first-order valence-corrected chi connectivity index (χ1v) is 7.34. The largest absolute Gasteiger partial charge is 0.369 e. The molecule has 2 saturated heterocycles. The van der Waals surface area contributed by atoms with Crippen molar-refractivity contribution in [2.45, 2.75) is 25.3 Å². The Hall–Kier alpha value is -1.24. The van der Waals surface area contributed by atoms with E-state index in [0.717, 1.165) is 18.8 Å². The van der Waals surface area contributed by atoms with Crippen LogP contribution in [0.5, 0.6) is 0 Å². The molecule has 0 aliphatic carbocycles. The number of hydrogen-bond donors (Lipinski definition) is 0. The van der Waals surface area contributed by atoms with Gasteiger partial charge in [0.15, 0.2) is 0 Å². The van der Waals surface area contributed by atoms with Gasteiger partial charge in [-0.3, -0.25) is 4.90 Å². The van der Waals surface area contributed by atoms with E-state index in [1.54, 1.807) is 6.07 Å². The highest BCUT2D eigenvalue weighted by Crippen LogP contribution is 2.31. The summed E-state index contributed by atoms with van der Waals surface area (Å²) in [7, 11) is 0. The van der Waals surface area contributed by atoms with E-state index in [2.05, 4.69) is 15.9 Å². The van der Waals surface area contributed by atoms with Crippen molar-refractivity contribution in [3.63, 3.8) is 0 Å². The molecule has 1 unspecified atom stereocenters. The highest BCUT2D eigenvalue weighted by Gasteiger charge is 2.29. The molecule has 100 valence electrons. The van der Waals surface area contributed by atoms with Gasteiger partial charge in [0.25, 0.3) is 0 Å². The van der Waals surface area contributed by atoms with Crippen molar-refractivity contribution in [1.29, 1.82) is 5.26 Å². The number of benzene rings is 1. The van der Waals surface area contributed by atoms with Crippen LogP contribution in [0.4, 0.5) is 5.69 Å². The third-order valence-corrected chi connectivity index (χ3v) is 4.54. The number of nitriles is 1. The summed E-state index contributed by atoms with van der Waals surface area (Å²) >= 11 is 6.29. The average Bonchev–Trinajstić information content (AvgIpc) is 3.09. The van der Waals surface area contributed by atoms with Gasteiger partial charge >= 0.3 is 0 Å². The van der Waals surface area contributed by atoms with Crippen LogP contribution in [0.15, 0.2) is 18.2 Å². The molecule has 0 aromatic heterocycles. The molecule has 1 atom stereocenters. The van der Waals surface area contributed by atoms with Gasteiger partial charge < -0.3 is 4.90 Å². The minimum Gasteiger partial charge on any atom is -0.369 e. The van der Waals surface area contributed by atoms with Crippen LogP contribution < -0.4 is 4.90 Å². The molecule has 0 N–H and O–H groups in total. The molecule has 2 fully saturated rings. The van der Waals surface area contributed by atoms with Crippen LogP contribution in [0.3, 0.4) is 0 Å². The molecule has 0 saturated carbocycles. The Morgan fingerprint density at radius 3 is 2.68 bits per heavy atom. The molecule has 19 heavy (non-hydrogen) atoms. The molecule has 4 heteroatoms. The highest BCUT2D eigenvalue weighted by molar-refractivity contribution is 6.33. The molecule has 1 aromatic carbocycles. The third-order valence-electron chi connectivity index (χ3n) is 4.24. The molecule has 0 amide bonds. The Balaban J connectivity index is 1.72. The minimum absolute atomic E-state index is 0.629. The molecule has 2 aliphatic rings. The molecule has 0 spiro atoms. The van der Waals surface area contributed by atoms with Crippen LogP contribution in [-0.2, 0) is 0 Å². The second-order valence-corrected chi connectivity index (χ2v) is 5.82. The molecule has 3 rings (SSSR count). The minimum atomic E-state index is 0.629. The van der Waals surface area contributed by atoms with Gasteiger partial charge in [0.1, 0.15) is 0 Å². The molecule has 1 aromatic rings. The summed E-state index contributed by atoms with van der Waals surface area (Å²) in [6.07, 6.45) is 3.90. The van der Waals surface area contributed by atoms with Gasteiger partial charge in [-0.25, -0.2) is 0 Å². The lowest BCUT2D eigenvalue weighted by atomic mass is 10.2. The first kappa shape index (κ1) is 12.8. The Bertz CT molecular complexity index is 503. The van der Waals surface area contributed by atoms with Crippen molar-refractivity contribution in [2.75, 3.05) is 31.1 Å². The third kappa shape index (κ3) is 2.56. The van der Waals surface area contributed by atoms with Crippen LogP contribution in [0, 0.1) is 11.3 Å². The number of hydrogen-bond acceptors (Lipinski definition) is 3. The zero-order valence-electron chi connectivity index (χ0n) is 11.0. The first-order chi connectivity index (χ1) is 9.28. The van der Waals surface area contributed by atoms with Crippen LogP contribution in [0.1, 0.15) is 24.8 Å². The fourth-order valence-corrected chi connectivity index (χ4v) is 3.50. The lowest BCUT2D eigenvalue weighted by Gasteiger charge is -2.25.